The highest BCUT2D eigenvalue weighted by atomic mass is 14.7. The minimum Gasteiger partial charge on any atom is -0.396 e. The molecule has 0 aliphatic rings. The topological polar surface area (TPSA) is 65.6 Å². The molecule has 0 atom stereocenters. The molecular formula is C17H11N3. The van der Waals surface area contributed by atoms with Crippen molar-refractivity contribution in [2.24, 2.45) is 5.73 Å². The molecule has 0 aliphatic carbocycles. The molecule has 1 heterocycles. The van der Waals surface area contributed by atoms with Crippen LogP contribution in [0.4, 0.5) is 0 Å². The van der Waals surface area contributed by atoms with Crippen LogP contribution in [0.3, 0.4) is 0 Å². The van der Waals surface area contributed by atoms with Gasteiger partial charge < -0.3 is 10.7 Å². The maximum absolute atomic E-state index is 9.20. The second-order valence-electron chi connectivity index (χ2n) is 4.07. The molecule has 3 nitrogen and oxygen atoms in total. The first-order valence-electron chi connectivity index (χ1n) is 5.82. The summed E-state index contributed by atoms with van der Waals surface area (Å²) in [5.74, 6) is 4.60. The van der Waals surface area contributed by atoms with Crippen molar-refractivity contribution < 1.29 is 0 Å². The Kier molecular flexibility index (Phi) is 3.62. The molecule has 0 aliphatic heterocycles. The summed E-state index contributed by atoms with van der Waals surface area (Å²) in [6.07, 6.45) is 14.0. The van der Waals surface area contributed by atoms with Crippen molar-refractivity contribution in [1.29, 1.82) is 5.26 Å². The first-order chi connectivity index (χ1) is 9.69. The van der Waals surface area contributed by atoms with Gasteiger partial charge in [0.1, 0.15) is 6.07 Å². The summed E-state index contributed by atoms with van der Waals surface area (Å²) in [5.41, 5.74) is 8.29. The highest BCUT2D eigenvalue weighted by Gasteiger charge is 2.05. The van der Waals surface area contributed by atoms with Crippen LogP contribution in [0.5, 0.6) is 0 Å². The number of terminal acetylenes is 2. The number of nitriles is 1. The molecule has 3 heteroatoms. The third-order valence-corrected chi connectivity index (χ3v) is 2.86. The zero-order chi connectivity index (χ0) is 14.5. The monoisotopic (exact) mass is 257 g/mol. The maximum Gasteiger partial charge on any atom is 0.101 e. The number of fused-ring (bicyclic) bond motifs is 1. The van der Waals surface area contributed by atoms with Gasteiger partial charge >= 0.3 is 0 Å². The summed E-state index contributed by atoms with van der Waals surface area (Å²) in [4.78, 5) is 3.10. The Bertz CT molecular complexity index is 827. The van der Waals surface area contributed by atoms with Gasteiger partial charge in [-0.1, -0.05) is 17.9 Å². The van der Waals surface area contributed by atoms with Crippen molar-refractivity contribution in [3.8, 4) is 30.8 Å². The van der Waals surface area contributed by atoms with E-state index in [0.717, 1.165) is 16.5 Å². The van der Waals surface area contributed by atoms with Crippen molar-refractivity contribution in [3.05, 3.63) is 52.9 Å². The second-order valence-corrected chi connectivity index (χ2v) is 4.07. The minimum absolute atomic E-state index is 0.145. The van der Waals surface area contributed by atoms with Crippen LogP contribution < -0.4 is 5.73 Å². The number of nitrogens with zero attached hydrogens (tertiary/aromatic N) is 1. The Morgan fingerprint density at radius 3 is 2.65 bits per heavy atom. The Hall–Kier alpha value is -3.35. The van der Waals surface area contributed by atoms with Crippen LogP contribution in [0.25, 0.3) is 17.0 Å². The molecule has 0 saturated carbocycles. The Balaban J connectivity index is 2.52. The fraction of sp³-hybridized carbons (Fsp3) is 0. The number of nitrogens with one attached hydrogen (secondary N) is 1. The van der Waals surface area contributed by atoms with Gasteiger partial charge in [-0.2, -0.15) is 5.26 Å². The van der Waals surface area contributed by atoms with E-state index in [1.54, 1.807) is 6.08 Å². The van der Waals surface area contributed by atoms with E-state index in [1.165, 1.54) is 0 Å². The van der Waals surface area contributed by atoms with E-state index >= 15 is 0 Å². The lowest BCUT2D eigenvalue weighted by molar-refractivity contribution is 1.34. The zero-order valence-electron chi connectivity index (χ0n) is 10.6. The predicted molar refractivity (Wildman–Crippen MR) is 80.8 cm³/mol. The van der Waals surface area contributed by atoms with E-state index in [2.05, 4.69) is 16.8 Å². The molecule has 0 spiro atoms. The quantitative estimate of drug-likeness (QED) is 0.493. The van der Waals surface area contributed by atoms with Crippen molar-refractivity contribution in [2.75, 3.05) is 0 Å². The summed E-state index contributed by atoms with van der Waals surface area (Å²) < 4.78 is 0. The molecule has 0 bridgehead atoms. The molecule has 94 valence electrons. The van der Waals surface area contributed by atoms with Gasteiger partial charge in [0, 0.05) is 11.7 Å². The molecule has 1 aromatic carbocycles. The Labute approximate surface area is 117 Å². The number of aromatic nitrogens is 1. The number of nitrogens with two attached hydrogens (primary N) is 1. The highest BCUT2D eigenvalue weighted by molar-refractivity contribution is 5.82. The van der Waals surface area contributed by atoms with Crippen LogP contribution in [0, 0.1) is 36.0 Å². The highest BCUT2D eigenvalue weighted by Crippen LogP contribution is 2.18. The van der Waals surface area contributed by atoms with Gasteiger partial charge in [0.15, 0.2) is 0 Å². The van der Waals surface area contributed by atoms with Gasteiger partial charge in [-0.25, -0.2) is 0 Å². The van der Waals surface area contributed by atoms with E-state index < -0.39 is 0 Å². The van der Waals surface area contributed by atoms with Gasteiger partial charge in [0.2, 0.25) is 0 Å². The standard InChI is InChI=1S/C17H11N3/c1-3-13(4-2)17(19)15(11-18)10-12-5-6-16-14(9-12)7-8-20-16/h1-2,5-10,20H,19H2/b15-10+. The lowest BCUT2D eigenvalue weighted by Gasteiger charge is -2.01. The molecule has 0 saturated heterocycles. The normalized spacial score (nSPS) is 10.3. The summed E-state index contributed by atoms with van der Waals surface area (Å²) in [6.45, 7) is 0. The number of H-pyrrole nitrogens is 1. The van der Waals surface area contributed by atoms with Crippen LogP contribution in [-0.2, 0) is 0 Å². The summed E-state index contributed by atoms with van der Waals surface area (Å²) in [7, 11) is 0. The molecule has 2 rings (SSSR count). The van der Waals surface area contributed by atoms with Crippen molar-refractivity contribution in [3.63, 3.8) is 0 Å². The third-order valence-electron chi connectivity index (χ3n) is 2.86. The Morgan fingerprint density at radius 2 is 2.00 bits per heavy atom. The number of allylic oxidation sites excluding steroid dienone is 2. The lowest BCUT2D eigenvalue weighted by atomic mass is 10.0. The molecule has 0 radical (unpaired) electrons. The van der Waals surface area contributed by atoms with Crippen LogP contribution in [0.1, 0.15) is 5.56 Å². The van der Waals surface area contributed by atoms with Crippen LogP contribution in [0.2, 0.25) is 0 Å². The molecule has 20 heavy (non-hydrogen) atoms. The van der Waals surface area contributed by atoms with E-state index in [0.29, 0.717) is 0 Å². The van der Waals surface area contributed by atoms with Gasteiger partial charge in [-0.15, -0.1) is 12.8 Å². The third kappa shape index (κ3) is 2.41. The first kappa shape index (κ1) is 13.1. The fourth-order valence-corrected chi connectivity index (χ4v) is 1.83. The van der Waals surface area contributed by atoms with Crippen molar-refractivity contribution in [1.82, 2.24) is 4.98 Å². The van der Waals surface area contributed by atoms with Gasteiger partial charge in [-0.3, -0.25) is 0 Å². The number of rotatable bonds is 2. The summed E-state index contributed by atoms with van der Waals surface area (Å²) >= 11 is 0. The molecule has 0 unspecified atom stereocenters. The number of hydrogen-bond acceptors (Lipinski definition) is 2. The van der Waals surface area contributed by atoms with E-state index in [-0.39, 0.29) is 16.8 Å². The average Bonchev–Trinajstić information content (AvgIpc) is 2.93. The number of benzene rings is 1. The van der Waals surface area contributed by atoms with Crippen LogP contribution in [0.15, 0.2) is 47.3 Å². The molecule has 3 N–H and O–H groups in total. The van der Waals surface area contributed by atoms with Gasteiger partial charge in [0.05, 0.1) is 16.8 Å². The zero-order valence-corrected chi connectivity index (χ0v) is 10.6. The van der Waals surface area contributed by atoms with E-state index in [4.69, 9.17) is 18.6 Å². The number of hydrogen-bond donors (Lipinski definition) is 2. The Morgan fingerprint density at radius 1 is 1.25 bits per heavy atom. The molecule has 2 aromatic rings. The SMILES string of the molecule is C#CC(C#C)=C(N)/C(C#N)=C/c1ccc2[nH]ccc2c1. The van der Waals surface area contributed by atoms with Crippen LogP contribution in [-0.4, -0.2) is 4.98 Å². The first-order valence-corrected chi connectivity index (χ1v) is 5.82. The van der Waals surface area contributed by atoms with Crippen LogP contribution >= 0.6 is 0 Å². The van der Waals surface area contributed by atoms with Gasteiger partial charge in [0.25, 0.3) is 0 Å². The lowest BCUT2D eigenvalue weighted by Crippen LogP contribution is -2.03. The largest absolute Gasteiger partial charge is 0.396 e. The average molecular weight is 257 g/mol. The van der Waals surface area contributed by atoms with E-state index in [9.17, 15) is 5.26 Å². The molecule has 0 amide bonds. The fourth-order valence-electron chi connectivity index (χ4n) is 1.83. The molecular weight excluding hydrogens is 246 g/mol. The smallest absolute Gasteiger partial charge is 0.101 e. The summed E-state index contributed by atoms with van der Waals surface area (Å²) in [5, 5.41) is 10.2. The second kappa shape index (κ2) is 5.53. The maximum atomic E-state index is 9.20. The van der Waals surface area contributed by atoms with Gasteiger partial charge in [-0.05, 0) is 35.2 Å². The molecule has 0 fully saturated rings. The van der Waals surface area contributed by atoms with Crippen molar-refractivity contribution in [2.45, 2.75) is 0 Å². The minimum atomic E-state index is 0.145. The predicted octanol–water partition coefficient (Wildman–Crippen LogP) is 2.55. The molecule has 1 aromatic heterocycles. The summed E-state index contributed by atoms with van der Waals surface area (Å²) in [6, 6.07) is 9.73. The van der Waals surface area contributed by atoms with Crippen molar-refractivity contribution >= 4 is 17.0 Å². The van der Waals surface area contributed by atoms with E-state index in [1.807, 2.05) is 36.5 Å². The number of aromatic amines is 1.